The first-order valence-electron chi connectivity index (χ1n) is 5.85. The van der Waals surface area contributed by atoms with Crippen molar-refractivity contribution >= 4 is 5.82 Å². The van der Waals surface area contributed by atoms with E-state index < -0.39 is 0 Å². The quantitative estimate of drug-likeness (QED) is 0.829. The van der Waals surface area contributed by atoms with E-state index >= 15 is 0 Å². The van der Waals surface area contributed by atoms with Crippen LogP contribution in [0.1, 0.15) is 22.3 Å². The maximum absolute atomic E-state index is 4.22. The minimum atomic E-state index is 0.873. The summed E-state index contributed by atoms with van der Waals surface area (Å²) in [6.07, 6.45) is 0. The summed E-state index contributed by atoms with van der Waals surface area (Å²) in [5.41, 5.74) is 7.64. The van der Waals surface area contributed by atoms with Gasteiger partial charge >= 0.3 is 0 Å². The van der Waals surface area contributed by atoms with Crippen LogP contribution in [-0.4, -0.2) is 17.2 Å². The molecule has 90 valence electrons. The van der Waals surface area contributed by atoms with Crippen LogP contribution in [0, 0.1) is 27.7 Å². The minimum Gasteiger partial charge on any atom is -0.372 e. The number of aromatic amines is 1. The zero-order valence-corrected chi connectivity index (χ0v) is 11.1. The fourth-order valence-electron chi connectivity index (χ4n) is 2.20. The van der Waals surface area contributed by atoms with E-state index in [9.17, 15) is 0 Å². The zero-order valence-electron chi connectivity index (χ0n) is 11.1. The average molecular weight is 229 g/mol. The number of benzene rings is 1. The van der Waals surface area contributed by atoms with Crippen LogP contribution in [0.15, 0.2) is 12.1 Å². The van der Waals surface area contributed by atoms with E-state index in [1.54, 1.807) is 0 Å². The van der Waals surface area contributed by atoms with E-state index in [2.05, 4.69) is 49.3 Å². The van der Waals surface area contributed by atoms with Gasteiger partial charge in [0.15, 0.2) is 0 Å². The molecule has 2 N–H and O–H groups in total. The van der Waals surface area contributed by atoms with Crippen LogP contribution in [0.5, 0.6) is 0 Å². The number of aryl methyl sites for hydroxylation is 2. The Kier molecular flexibility index (Phi) is 2.92. The highest BCUT2D eigenvalue weighted by Crippen LogP contribution is 2.31. The van der Waals surface area contributed by atoms with Crippen molar-refractivity contribution in [2.75, 3.05) is 12.4 Å². The molecule has 3 heteroatoms. The highest BCUT2D eigenvalue weighted by Gasteiger charge is 2.12. The molecule has 0 fully saturated rings. The van der Waals surface area contributed by atoms with E-state index in [4.69, 9.17) is 0 Å². The third kappa shape index (κ3) is 1.93. The number of anilines is 1. The van der Waals surface area contributed by atoms with E-state index in [1.165, 1.54) is 27.8 Å². The van der Waals surface area contributed by atoms with Gasteiger partial charge in [-0.1, -0.05) is 6.07 Å². The van der Waals surface area contributed by atoms with E-state index in [0.717, 1.165) is 11.5 Å². The summed E-state index contributed by atoms with van der Waals surface area (Å²) in [6, 6.07) is 4.29. The van der Waals surface area contributed by atoms with Crippen molar-refractivity contribution in [2.45, 2.75) is 27.7 Å². The number of hydrogen-bond donors (Lipinski definition) is 2. The molecule has 2 aromatic rings. The first-order chi connectivity index (χ1) is 8.04. The first-order valence-corrected chi connectivity index (χ1v) is 5.85. The molecule has 0 aliphatic heterocycles. The van der Waals surface area contributed by atoms with Crippen molar-refractivity contribution in [3.8, 4) is 11.3 Å². The number of aromatic nitrogens is 2. The van der Waals surface area contributed by atoms with Crippen LogP contribution in [0.4, 0.5) is 5.82 Å². The maximum atomic E-state index is 4.22. The maximum Gasteiger partial charge on any atom is 0.148 e. The molecular weight excluding hydrogens is 210 g/mol. The van der Waals surface area contributed by atoms with Crippen molar-refractivity contribution in [3.63, 3.8) is 0 Å². The SMILES string of the molecule is CNc1cc(-c2c(C)c(C)cc(C)c2C)[nH]n1. The van der Waals surface area contributed by atoms with Crippen molar-refractivity contribution in [3.05, 3.63) is 34.4 Å². The minimum absolute atomic E-state index is 0.873. The molecule has 0 radical (unpaired) electrons. The molecule has 17 heavy (non-hydrogen) atoms. The Morgan fingerprint density at radius 3 is 2.06 bits per heavy atom. The smallest absolute Gasteiger partial charge is 0.148 e. The van der Waals surface area contributed by atoms with Gasteiger partial charge in [0.05, 0.1) is 5.69 Å². The van der Waals surface area contributed by atoms with E-state index in [0.29, 0.717) is 0 Å². The van der Waals surface area contributed by atoms with Crippen LogP contribution in [0.2, 0.25) is 0 Å². The average Bonchev–Trinajstić information content (AvgIpc) is 2.75. The van der Waals surface area contributed by atoms with Gasteiger partial charge in [0.1, 0.15) is 5.82 Å². The zero-order chi connectivity index (χ0) is 12.6. The summed E-state index contributed by atoms with van der Waals surface area (Å²) in [5.74, 6) is 0.873. The van der Waals surface area contributed by atoms with Gasteiger partial charge in [-0.25, -0.2) is 0 Å². The molecule has 0 atom stereocenters. The third-order valence-electron chi connectivity index (χ3n) is 3.47. The Bertz CT molecular complexity index is 527. The molecule has 0 saturated heterocycles. The van der Waals surface area contributed by atoms with Gasteiger partial charge in [-0.2, -0.15) is 5.10 Å². The van der Waals surface area contributed by atoms with Gasteiger partial charge in [0.25, 0.3) is 0 Å². The Morgan fingerprint density at radius 1 is 1.00 bits per heavy atom. The molecule has 3 nitrogen and oxygen atoms in total. The number of nitrogens with zero attached hydrogens (tertiary/aromatic N) is 1. The third-order valence-corrected chi connectivity index (χ3v) is 3.47. The summed E-state index contributed by atoms with van der Waals surface area (Å²) in [7, 11) is 1.88. The molecule has 0 unspecified atom stereocenters. The lowest BCUT2D eigenvalue weighted by Gasteiger charge is -2.13. The van der Waals surface area contributed by atoms with Crippen LogP contribution < -0.4 is 5.32 Å². The van der Waals surface area contributed by atoms with Gasteiger partial charge in [-0.15, -0.1) is 0 Å². The molecule has 0 saturated carbocycles. The molecule has 0 spiro atoms. The summed E-state index contributed by atoms with van der Waals surface area (Å²) in [5, 5.41) is 10.4. The number of nitrogens with one attached hydrogen (secondary N) is 2. The molecule has 0 bridgehead atoms. The fraction of sp³-hybridized carbons (Fsp3) is 0.357. The van der Waals surface area contributed by atoms with Gasteiger partial charge in [0.2, 0.25) is 0 Å². The highest BCUT2D eigenvalue weighted by atomic mass is 15.2. The van der Waals surface area contributed by atoms with Crippen molar-refractivity contribution in [2.24, 2.45) is 0 Å². The second-order valence-corrected chi connectivity index (χ2v) is 4.55. The lowest BCUT2D eigenvalue weighted by Crippen LogP contribution is -1.95. The highest BCUT2D eigenvalue weighted by molar-refractivity contribution is 5.72. The van der Waals surface area contributed by atoms with Crippen LogP contribution >= 0.6 is 0 Å². The predicted molar refractivity (Wildman–Crippen MR) is 72.5 cm³/mol. The van der Waals surface area contributed by atoms with E-state index in [1.807, 2.05) is 13.1 Å². The Morgan fingerprint density at radius 2 is 1.59 bits per heavy atom. The van der Waals surface area contributed by atoms with E-state index in [-0.39, 0.29) is 0 Å². The predicted octanol–water partition coefficient (Wildman–Crippen LogP) is 3.35. The molecule has 0 amide bonds. The van der Waals surface area contributed by atoms with Crippen LogP contribution in [0.3, 0.4) is 0 Å². The Balaban J connectivity index is 2.65. The largest absolute Gasteiger partial charge is 0.372 e. The van der Waals surface area contributed by atoms with Crippen molar-refractivity contribution in [1.29, 1.82) is 0 Å². The van der Waals surface area contributed by atoms with Gasteiger partial charge < -0.3 is 5.32 Å². The molecule has 1 aromatic heterocycles. The molecule has 0 aliphatic rings. The summed E-state index contributed by atoms with van der Waals surface area (Å²) >= 11 is 0. The second kappa shape index (κ2) is 4.24. The molecule has 1 heterocycles. The Labute approximate surface area is 102 Å². The number of H-pyrrole nitrogens is 1. The lowest BCUT2D eigenvalue weighted by atomic mass is 9.92. The fourth-order valence-corrected chi connectivity index (χ4v) is 2.20. The number of hydrogen-bond acceptors (Lipinski definition) is 2. The van der Waals surface area contributed by atoms with Gasteiger partial charge in [-0.05, 0) is 49.9 Å². The summed E-state index contributed by atoms with van der Waals surface area (Å²) in [6.45, 7) is 8.63. The normalized spacial score (nSPS) is 10.6. The van der Waals surface area contributed by atoms with Crippen molar-refractivity contribution in [1.82, 2.24) is 10.2 Å². The van der Waals surface area contributed by atoms with Crippen LogP contribution in [0.25, 0.3) is 11.3 Å². The molecule has 2 rings (SSSR count). The van der Waals surface area contributed by atoms with Crippen molar-refractivity contribution < 1.29 is 0 Å². The second-order valence-electron chi connectivity index (χ2n) is 4.55. The first kappa shape index (κ1) is 11.7. The lowest BCUT2D eigenvalue weighted by molar-refractivity contribution is 1.08. The monoisotopic (exact) mass is 229 g/mol. The standard InChI is InChI=1S/C14H19N3/c1-8-6-9(2)11(4)14(10(8)3)12-7-13(15-5)17-16-12/h6-7H,1-5H3,(H2,15,16,17). The Hall–Kier alpha value is -1.77. The summed E-state index contributed by atoms with van der Waals surface area (Å²) < 4.78 is 0. The molecule has 1 aromatic carbocycles. The van der Waals surface area contributed by atoms with Gasteiger partial charge in [0, 0.05) is 18.7 Å². The van der Waals surface area contributed by atoms with Crippen LogP contribution in [-0.2, 0) is 0 Å². The number of rotatable bonds is 2. The molecular formula is C14H19N3. The molecule has 0 aliphatic carbocycles. The topological polar surface area (TPSA) is 40.7 Å². The summed E-state index contributed by atoms with van der Waals surface area (Å²) in [4.78, 5) is 0. The van der Waals surface area contributed by atoms with Gasteiger partial charge in [-0.3, -0.25) is 5.10 Å².